The molecular formula is C22H22ClN3O6. The number of nitrogens with one attached hydrogen (secondary N) is 1. The van der Waals surface area contributed by atoms with Crippen LogP contribution in [0.5, 0.6) is 0 Å². The molecule has 0 saturated carbocycles. The van der Waals surface area contributed by atoms with Gasteiger partial charge < -0.3 is 19.7 Å². The Morgan fingerprint density at radius 2 is 1.69 bits per heavy atom. The van der Waals surface area contributed by atoms with Gasteiger partial charge in [-0.25, -0.2) is 14.5 Å². The number of benzene rings is 2. The average molecular weight is 460 g/mol. The van der Waals surface area contributed by atoms with Crippen molar-refractivity contribution in [3.05, 3.63) is 59.1 Å². The van der Waals surface area contributed by atoms with Crippen LogP contribution >= 0.6 is 11.6 Å². The summed E-state index contributed by atoms with van der Waals surface area (Å²) in [4.78, 5) is 52.6. The van der Waals surface area contributed by atoms with Crippen LogP contribution in [-0.2, 0) is 19.1 Å². The van der Waals surface area contributed by atoms with E-state index < -0.39 is 29.9 Å². The van der Waals surface area contributed by atoms with Gasteiger partial charge in [-0.15, -0.1) is 0 Å². The number of urea groups is 1. The Morgan fingerprint density at radius 3 is 2.28 bits per heavy atom. The van der Waals surface area contributed by atoms with E-state index >= 15 is 0 Å². The van der Waals surface area contributed by atoms with E-state index in [1.165, 1.54) is 31.3 Å². The van der Waals surface area contributed by atoms with Crippen LogP contribution in [0.2, 0.25) is 5.02 Å². The molecule has 0 unspecified atom stereocenters. The average Bonchev–Trinajstić information content (AvgIpc) is 3.01. The Bertz CT molecular complexity index is 1010. The summed E-state index contributed by atoms with van der Waals surface area (Å²) in [6.07, 6.45) is -0.239. The molecule has 0 aliphatic carbocycles. The van der Waals surface area contributed by atoms with Crippen LogP contribution in [0.15, 0.2) is 48.5 Å². The molecule has 2 aromatic carbocycles. The van der Waals surface area contributed by atoms with Gasteiger partial charge in [0.2, 0.25) is 5.91 Å². The molecule has 0 bridgehead atoms. The normalized spacial score (nSPS) is 15.8. The number of ether oxygens (including phenoxy) is 2. The van der Waals surface area contributed by atoms with Crippen molar-refractivity contribution in [2.75, 3.05) is 37.6 Å². The zero-order chi connectivity index (χ0) is 23.3. The molecule has 9 nitrogen and oxygen atoms in total. The molecule has 0 spiro atoms. The Kier molecular flexibility index (Phi) is 7.45. The second-order valence-electron chi connectivity index (χ2n) is 6.96. The molecule has 32 heavy (non-hydrogen) atoms. The van der Waals surface area contributed by atoms with E-state index in [0.717, 1.165) is 4.90 Å². The van der Waals surface area contributed by atoms with Gasteiger partial charge in [-0.3, -0.25) is 9.59 Å². The van der Waals surface area contributed by atoms with Crippen molar-refractivity contribution in [3.8, 4) is 0 Å². The molecule has 1 saturated heterocycles. The number of carbonyl (C=O) groups excluding carboxylic acids is 4. The van der Waals surface area contributed by atoms with Crippen molar-refractivity contribution in [1.29, 1.82) is 0 Å². The number of halogens is 1. The lowest BCUT2D eigenvalue weighted by Crippen LogP contribution is -2.39. The van der Waals surface area contributed by atoms with Crippen molar-refractivity contribution in [1.82, 2.24) is 4.90 Å². The lowest BCUT2D eigenvalue weighted by Gasteiger charge is -2.21. The van der Waals surface area contributed by atoms with Crippen LogP contribution in [0.3, 0.4) is 0 Å². The fourth-order valence-corrected chi connectivity index (χ4v) is 3.43. The van der Waals surface area contributed by atoms with Crippen LogP contribution in [0, 0.1) is 0 Å². The number of methoxy groups -OCH3 is 2. The highest BCUT2D eigenvalue weighted by molar-refractivity contribution is 6.30. The fraction of sp³-hybridized carbons (Fsp3) is 0.273. The zero-order valence-electron chi connectivity index (χ0n) is 17.5. The van der Waals surface area contributed by atoms with Gasteiger partial charge >= 0.3 is 12.0 Å². The number of hydrogen-bond acceptors (Lipinski definition) is 6. The van der Waals surface area contributed by atoms with Gasteiger partial charge in [-0.1, -0.05) is 11.6 Å². The van der Waals surface area contributed by atoms with Crippen LogP contribution in [0.25, 0.3) is 0 Å². The van der Waals surface area contributed by atoms with E-state index in [9.17, 15) is 19.2 Å². The van der Waals surface area contributed by atoms with E-state index in [1.807, 2.05) is 0 Å². The van der Waals surface area contributed by atoms with E-state index in [0.29, 0.717) is 22.0 Å². The minimum atomic E-state index is -0.984. The highest BCUT2D eigenvalue weighted by Gasteiger charge is 2.46. The third-order valence-corrected chi connectivity index (χ3v) is 5.16. The molecule has 1 heterocycles. The number of hydrogen-bond donors (Lipinski definition) is 1. The van der Waals surface area contributed by atoms with E-state index in [2.05, 4.69) is 10.1 Å². The molecule has 1 aliphatic rings. The predicted molar refractivity (Wildman–Crippen MR) is 118 cm³/mol. The Labute approximate surface area is 189 Å². The summed E-state index contributed by atoms with van der Waals surface area (Å²) in [5.74, 6) is -1.46. The Balaban J connectivity index is 1.75. The molecular weight excluding hydrogens is 438 g/mol. The monoisotopic (exact) mass is 459 g/mol. The first-order valence-corrected chi connectivity index (χ1v) is 10.1. The summed E-state index contributed by atoms with van der Waals surface area (Å²) in [7, 11) is 2.76. The largest absolute Gasteiger partial charge is 0.465 e. The number of nitrogens with zero attached hydrogens (tertiary/aromatic N) is 2. The summed E-state index contributed by atoms with van der Waals surface area (Å²) < 4.78 is 9.69. The summed E-state index contributed by atoms with van der Waals surface area (Å²) in [5, 5.41) is 3.15. The van der Waals surface area contributed by atoms with Crippen LogP contribution < -0.4 is 10.2 Å². The standard InChI is InChI=1S/C22H22ClN3O6/c1-31-12-11-25-18(20(28)26(22(25)30)17-9-5-15(23)6-10-17)13-19(27)24-16-7-3-14(4-8-16)21(29)32-2/h3-10,18H,11-13H2,1-2H3,(H,24,27)/t18-/m1/s1. The first-order valence-electron chi connectivity index (χ1n) is 9.73. The quantitative estimate of drug-likeness (QED) is 0.480. The van der Waals surface area contributed by atoms with Crippen LogP contribution in [0.1, 0.15) is 16.8 Å². The van der Waals surface area contributed by atoms with Crippen molar-refractivity contribution >= 4 is 46.8 Å². The molecule has 4 amide bonds. The number of anilines is 2. The van der Waals surface area contributed by atoms with Crippen LogP contribution in [-0.4, -0.2) is 62.1 Å². The molecule has 10 heteroatoms. The van der Waals surface area contributed by atoms with Gasteiger partial charge in [0, 0.05) is 24.4 Å². The van der Waals surface area contributed by atoms with Gasteiger partial charge in [0.15, 0.2) is 0 Å². The van der Waals surface area contributed by atoms with E-state index in [4.69, 9.17) is 16.3 Å². The van der Waals surface area contributed by atoms with Gasteiger partial charge in [0.05, 0.1) is 31.4 Å². The SMILES string of the molecule is COCCN1C(=O)N(c2ccc(Cl)cc2)C(=O)[C@H]1CC(=O)Nc1ccc(C(=O)OC)cc1. The summed E-state index contributed by atoms with van der Waals surface area (Å²) in [6.45, 7) is 0.359. The number of rotatable bonds is 8. The van der Waals surface area contributed by atoms with Crippen molar-refractivity contribution in [3.63, 3.8) is 0 Å². The van der Waals surface area contributed by atoms with Crippen molar-refractivity contribution in [2.24, 2.45) is 0 Å². The Morgan fingerprint density at radius 1 is 1.03 bits per heavy atom. The van der Waals surface area contributed by atoms with Gasteiger partial charge in [0.1, 0.15) is 6.04 Å². The minimum absolute atomic E-state index is 0.150. The summed E-state index contributed by atoms with van der Waals surface area (Å²) >= 11 is 5.90. The second kappa shape index (κ2) is 10.3. The maximum atomic E-state index is 13.1. The maximum Gasteiger partial charge on any atom is 0.337 e. The minimum Gasteiger partial charge on any atom is -0.465 e. The van der Waals surface area contributed by atoms with Crippen molar-refractivity contribution < 1.29 is 28.7 Å². The number of carbonyl (C=O) groups is 4. The maximum absolute atomic E-state index is 13.1. The topological polar surface area (TPSA) is 105 Å². The highest BCUT2D eigenvalue weighted by Crippen LogP contribution is 2.28. The third-order valence-electron chi connectivity index (χ3n) is 4.91. The summed E-state index contributed by atoms with van der Waals surface area (Å²) in [6, 6.07) is 10.9. The second-order valence-corrected chi connectivity index (χ2v) is 7.39. The van der Waals surface area contributed by atoms with Gasteiger partial charge in [-0.05, 0) is 48.5 Å². The molecule has 0 aromatic heterocycles. The molecule has 3 rings (SSSR count). The first kappa shape index (κ1) is 23.2. The lowest BCUT2D eigenvalue weighted by molar-refractivity contribution is -0.124. The summed E-state index contributed by atoms with van der Waals surface area (Å²) in [5.41, 5.74) is 1.15. The molecule has 1 N–H and O–H groups in total. The molecule has 0 radical (unpaired) electrons. The zero-order valence-corrected chi connectivity index (χ0v) is 18.3. The molecule has 168 valence electrons. The van der Waals surface area contributed by atoms with E-state index in [1.54, 1.807) is 36.4 Å². The van der Waals surface area contributed by atoms with Crippen molar-refractivity contribution in [2.45, 2.75) is 12.5 Å². The molecule has 1 atom stereocenters. The smallest absolute Gasteiger partial charge is 0.337 e. The highest BCUT2D eigenvalue weighted by atomic mass is 35.5. The number of amides is 4. The lowest BCUT2D eigenvalue weighted by atomic mass is 10.1. The number of imide groups is 1. The van der Waals surface area contributed by atoms with Crippen LogP contribution in [0.4, 0.5) is 16.2 Å². The van der Waals surface area contributed by atoms with E-state index in [-0.39, 0.29) is 19.6 Å². The molecule has 2 aromatic rings. The Hall–Kier alpha value is -3.43. The van der Waals surface area contributed by atoms with Gasteiger partial charge in [-0.2, -0.15) is 0 Å². The predicted octanol–water partition coefficient (Wildman–Crippen LogP) is 2.94. The fourth-order valence-electron chi connectivity index (χ4n) is 3.30. The van der Waals surface area contributed by atoms with Gasteiger partial charge in [0.25, 0.3) is 5.91 Å². The number of esters is 1. The molecule has 1 fully saturated rings. The molecule has 1 aliphatic heterocycles. The third kappa shape index (κ3) is 5.06. The first-order chi connectivity index (χ1) is 15.3.